The highest BCUT2D eigenvalue weighted by atomic mass is 15.1. The Morgan fingerprint density at radius 3 is 1.30 bits per heavy atom. The molecule has 0 atom stereocenters. The second kappa shape index (κ2) is 15.0. The van der Waals surface area contributed by atoms with Crippen molar-refractivity contribution in [3.8, 4) is 55.6 Å². The van der Waals surface area contributed by atoms with Crippen molar-refractivity contribution in [2.24, 2.45) is 0 Å². The highest BCUT2D eigenvalue weighted by Crippen LogP contribution is 2.46. The molecule has 0 saturated carbocycles. The SMILES string of the molecule is c1ccc(-c2ccc(-c3ccccc3-c3ccccc3-c3ccccc3N(c3ccc(-c4ccc5ccccc5c4)cc3)c3ccc4ccccc4c3)cc2)cc1. The molecule has 10 aromatic carbocycles. The molecule has 57 heavy (non-hydrogen) atoms. The lowest BCUT2D eigenvalue weighted by Gasteiger charge is -2.29. The van der Waals surface area contributed by atoms with E-state index in [9.17, 15) is 0 Å². The molecule has 0 unspecified atom stereocenters. The molecule has 0 radical (unpaired) electrons. The average molecular weight is 726 g/mol. The standard InChI is InChI=1S/C56H39N/c1-2-14-40(15-3-1)43-26-29-45(30-27-43)51-20-8-9-21-52(51)53-22-10-11-23-54(53)55-24-12-13-25-56(55)57(50-37-34-42-17-5-7-19-47(42)39-50)49-35-32-44(33-36-49)48-31-28-41-16-4-6-18-46(41)38-48/h1-39H. The summed E-state index contributed by atoms with van der Waals surface area (Å²) >= 11 is 0. The molecule has 1 nitrogen and oxygen atoms in total. The summed E-state index contributed by atoms with van der Waals surface area (Å²) in [5.41, 5.74) is 15.3. The van der Waals surface area contributed by atoms with E-state index in [2.05, 4.69) is 241 Å². The van der Waals surface area contributed by atoms with Gasteiger partial charge in [-0.25, -0.2) is 0 Å². The highest BCUT2D eigenvalue weighted by Gasteiger charge is 2.20. The first kappa shape index (κ1) is 34.0. The zero-order valence-electron chi connectivity index (χ0n) is 31.5. The van der Waals surface area contributed by atoms with E-state index in [4.69, 9.17) is 0 Å². The largest absolute Gasteiger partial charge is 0.310 e. The Kier molecular flexibility index (Phi) is 8.95. The topological polar surface area (TPSA) is 3.24 Å². The molecule has 0 bridgehead atoms. The van der Waals surface area contributed by atoms with Crippen molar-refractivity contribution in [2.45, 2.75) is 0 Å². The predicted octanol–water partition coefficient (Wildman–Crippen LogP) is 15.8. The average Bonchev–Trinajstić information content (AvgIpc) is 3.30. The molecule has 0 aliphatic rings. The van der Waals surface area contributed by atoms with Gasteiger partial charge in [0.25, 0.3) is 0 Å². The van der Waals surface area contributed by atoms with Crippen molar-refractivity contribution in [3.63, 3.8) is 0 Å². The molecule has 1 heteroatoms. The summed E-state index contributed by atoms with van der Waals surface area (Å²) in [4.78, 5) is 2.41. The third-order valence-electron chi connectivity index (χ3n) is 11.1. The lowest BCUT2D eigenvalue weighted by molar-refractivity contribution is 1.29. The Morgan fingerprint density at radius 1 is 0.211 bits per heavy atom. The molecule has 268 valence electrons. The van der Waals surface area contributed by atoms with Crippen LogP contribution in [0.4, 0.5) is 17.1 Å². The van der Waals surface area contributed by atoms with E-state index in [-0.39, 0.29) is 0 Å². The van der Waals surface area contributed by atoms with E-state index in [1.54, 1.807) is 0 Å². The fourth-order valence-corrected chi connectivity index (χ4v) is 8.21. The Labute approximate surface area is 334 Å². The summed E-state index contributed by atoms with van der Waals surface area (Å²) in [7, 11) is 0. The second-order valence-corrected chi connectivity index (χ2v) is 14.5. The maximum Gasteiger partial charge on any atom is 0.0540 e. The second-order valence-electron chi connectivity index (χ2n) is 14.5. The normalized spacial score (nSPS) is 11.2. The zero-order valence-corrected chi connectivity index (χ0v) is 31.5. The van der Waals surface area contributed by atoms with Gasteiger partial charge in [-0.1, -0.05) is 200 Å². The van der Waals surface area contributed by atoms with Gasteiger partial charge in [0.15, 0.2) is 0 Å². The summed E-state index contributed by atoms with van der Waals surface area (Å²) < 4.78 is 0. The lowest BCUT2D eigenvalue weighted by atomic mass is 9.88. The van der Waals surface area contributed by atoms with Gasteiger partial charge in [0.05, 0.1) is 5.69 Å². The number of rotatable bonds is 8. The third-order valence-corrected chi connectivity index (χ3v) is 11.1. The maximum absolute atomic E-state index is 2.41. The molecular formula is C56H39N. The summed E-state index contributed by atoms with van der Waals surface area (Å²) in [5.74, 6) is 0. The number of para-hydroxylation sites is 1. The van der Waals surface area contributed by atoms with Gasteiger partial charge in [0.2, 0.25) is 0 Å². The predicted molar refractivity (Wildman–Crippen MR) is 243 cm³/mol. The van der Waals surface area contributed by atoms with Crippen LogP contribution in [0.3, 0.4) is 0 Å². The van der Waals surface area contributed by atoms with Crippen LogP contribution in [-0.2, 0) is 0 Å². The van der Waals surface area contributed by atoms with E-state index < -0.39 is 0 Å². The van der Waals surface area contributed by atoms with Gasteiger partial charge in [-0.15, -0.1) is 0 Å². The minimum Gasteiger partial charge on any atom is -0.310 e. The lowest BCUT2D eigenvalue weighted by Crippen LogP contribution is -2.11. The molecular weight excluding hydrogens is 687 g/mol. The summed E-state index contributed by atoms with van der Waals surface area (Å²) in [5, 5.41) is 4.92. The Hall–Kier alpha value is -7.48. The summed E-state index contributed by atoms with van der Waals surface area (Å²) in [6.07, 6.45) is 0. The molecule has 0 aliphatic carbocycles. The number of benzene rings is 10. The first-order chi connectivity index (χ1) is 28.3. The quantitative estimate of drug-likeness (QED) is 0.151. The van der Waals surface area contributed by atoms with E-state index in [0.717, 1.165) is 22.6 Å². The first-order valence-electron chi connectivity index (χ1n) is 19.6. The fraction of sp³-hybridized carbons (Fsp3) is 0. The monoisotopic (exact) mass is 725 g/mol. The van der Waals surface area contributed by atoms with Gasteiger partial charge in [-0.3, -0.25) is 0 Å². The first-order valence-corrected chi connectivity index (χ1v) is 19.6. The number of hydrogen-bond acceptors (Lipinski definition) is 1. The molecule has 0 aliphatic heterocycles. The minimum atomic E-state index is 1.10. The number of nitrogens with zero attached hydrogens (tertiary/aromatic N) is 1. The van der Waals surface area contributed by atoms with Crippen LogP contribution in [0.15, 0.2) is 237 Å². The molecule has 0 amide bonds. The van der Waals surface area contributed by atoms with E-state index in [1.807, 2.05) is 0 Å². The van der Waals surface area contributed by atoms with Crippen LogP contribution in [-0.4, -0.2) is 0 Å². The molecule has 0 spiro atoms. The van der Waals surface area contributed by atoms with Gasteiger partial charge >= 0.3 is 0 Å². The van der Waals surface area contributed by atoms with E-state index in [0.29, 0.717) is 0 Å². The zero-order chi connectivity index (χ0) is 38.0. The van der Waals surface area contributed by atoms with Crippen LogP contribution in [0, 0.1) is 0 Å². The fourth-order valence-electron chi connectivity index (χ4n) is 8.21. The van der Waals surface area contributed by atoms with Crippen molar-refractivity contribution in [3.05, 3.63) is 237 Å². The van der Waals surface area contributed by atoms with Crippen molar-refractivity contribution < 1.29 is 0 Å². The molecule has 10 aromatic rings. The van der Waals surface area contributed by atoms with Crippen LogP contribution in [0.2, 0.25) is 0 Å². The van der Waals surface area contributed by atoms with Crippen LogP contribution in [0.25, 0.3) is 77.2 Å². The van der Waals surface area contributed by atoms with Gasteiger partial charge in [0.1, 0.15) is 0 Å². The molecule has 10 rings (SSSR count). The van der Waals surface area contributed by atoms with Crippen molar-refractivity contribution in [1.29, 1.82) is 0 Å². The van der Waals surface area contributed by atoms with E-state index in [1.165, 1.54) is 71.6 Å². The Balaban J connectivity index is 1.10. The van der Waals surface area contributed by atoms with Gasteiger partial charge in [-0.05, 0) is 108 Å². The Bertz CT molecular complexity index is 3000. The summed E-state index contributed by atoms with van der Waals surface area (Å²) in [6, 6.07) is 85.7. The van der Waals surface area contributed by atoms with Crippen LogP contribution < -0.4 is 4.90 Å². The molecule has 0 aromatic heterocycles. The van der Waals surface area contributed by atoms with Crippen molar-refractivity contribution >= 4 is 38.6 Å². The van der Waals surface area contributed by atoms with Crippen LogP contribution >= 0.6 is 0 Å². The number of hydrogen-bond donors (Lipinski definition) is 0. The van der Waals surface area contributed by atoms with Crippen LogP contribution in [0.5, 0.6) is 0 Å². The minimum absolute atomic E-state index is 1.10. The van der Waals surface area contributed by atoms with Crippen molar-refractivity contribution in [2.75, 3.05) is 4.90 Å². The number of anilines is 3. The smallest absolute Gasteiger partial charge is 0.0540 e. The van der Waals surface area contributed by atoms with E-state index >= 15 is 0 Å². The molecule has 0 saturated heterocycles. The molecule has 0 N–H and O–H groups in total. The van der Waals surface area contributed by atoms with Crippen LogP contribution in [0.1, 0.15) is 0 Å². The highest BCUT2D eigenvalue weighted by molar-refractivity contribution is 5.98. The maximum atomic E-state index is 2.41. The van der Waals surface area contributed by atoms with Gasteiger partial charge in [-0.2, -0.15) is 0 Å². The Morgan fingerprint density at radius 2 is 0.614 bits per heavy atom. The summed E-state index contributed by atoms with van der Waals surface area (Å²) in [6.45, 7) is 0. The van der Waals surface area contributed by atoms with Gasteiger partial charge < -0.3 is 4.90 Å². The van der Waals surface area contributed by atoms with Crippen molar-refractivity contribution in [1.82, 2.24) is 0 Å². The third kappa shape index (κ3) is 6.66. The van der Waals surface area contributed by atoms with Gasteiger partial charge in [0, 0.05) is 16.9 Å². The molecule has 0 heterocycles. The number of fused-ring (bicyclic) bond motifs is 2. The molecule has 0 fully saturated rings.